The van der Waals surface area contributed by atoms with Crippen LogP contribution in [0.5, 0.6) is 0 Å². The molecule has 1 N–H and O–H groups in total. The summed E-state index contributed by atoms with van der Waals surface area (Å²) in [5.74, 6) is 0. The van der Waals surface area contributed by atoms with Gasteiger partial charge in [0.25, 0.3) is 0 Å². The maximum atomic E-state index is 5.01. The van der Waals surface area contributed by atoms with Gasteiger partial charge in [-0.15, -0.1) is 0 Å². The number of nitrogens with one attached hydrogen (secondary N) is 1. The lowest BCUT2D eigenvalue weighted by Crippen LogP contribution is -2.16. The summed E-state index contributed by atoms with van der Waals surface area (Å²) in [5, 5.41) is 7.61. The topological polar surface area (TPSA) is 39.1 Å². The maximum absolute atomic E-state index is 5.01. The molecule has 0 bridgehead atoms. The normalized spacial score (nSPS) is 10.8. The molecule has 15 heavy (non-hydrogen) atoms. The highest BCUT2D eigenvalue weighted by atomic mass is 16.5. The number of hydrogen-bond donors (Lipinski definition) is 1. The minimum absolute atomic E-state index is 0.837. The molecule has 0 aliphatic heterocycles. The summed E-state index contributed by atoms with van der Waals surface area (Å²) in [4.78, 5) is 0. The van der Waals surface area contributed by atoms with Crippen LogP contribution in [0.1, 0.15) is 25.5 Å². The highest BCUT2D eigenvalue weighted by Gasteiger charge is 2.00. The van der Waals surface area contributed by atoms with Crippen molar-refractivity contribution in [3.8, 4) is 0 Å². The van der Waals surface area contributed by atoms with Crippen molar-refractivity contribution < 1.29 is 4.74 Å². The molecule has 0 aliphatic carbocycles. The minimum Gasteiger partial charge on any atom is -0.385 e. The molecule has 0 saturated heterocycles. The van der Waals surface area contributed by atoms with Crippen molar-refractivity contribution in [2.75, 3.05) is 20.3 Å². The highest BCUT2D eigenvalue weighted by molar-refractivity contribution is 4.99. The van der Waals surface area contributed by atoms with Crippen molar-refractivity contribution in [3.05, 3.63) is 18.0 Å². The van der Waals surface area contributed by atoms with Gasteiger partial charge in [-0.25, -0.2) is 0 Å². The van der Waals surface area contributed by atoms with Crippen LogP contribution in [-0.2, 0) is 17.8 Å². The molecule has 86 valence electrons. The van der Waals surface area contributed by atoms with E-state index in [0.717, 1.165) is 39.1 Å². The fourth-order valence-electron chi connectivity index (χ4n) is 1.47. The van der Waals surface area contributed by atoms with Crippen molar-refractivity contribution in [2.24, 2.45) is 0 Å². The predicted molar refractivity (Wildman–Crippen MR) is 60.7 cm³/mol. The van der Waals surface area contributed by atoms with Crippen LogP contribution in [0.3, 0.4) is 0 Å². The van der Waals surface area contributed by atoms with E-state index in [0.29, 0.717) is 0 Å². The molecule has 0 amide bonds. The summed E-state index contributed by atoms with van der Waals surface area (Å²) in [5.41, 5.74) is 1.26. The Morgan fingerprint density at radius 2 is 2.33 bits per heavy atom. The number of nitrogens with zero attached hydrogens (tertiary/aromatic N) is 2. The molecule has 4 nitrogen and oxygen atoms in total. The van der Waals surface area contributed by atoms with Gasteiger partial charge < -0.3 is 10.1 Å². The van der Waals surface area contributed by atoms with Crippen molar-refractivity contribution in [3.63, 3.8) is 0 Å². The van der Waals surface area contributed by atoms with Crippen molar-refractivity contribution in [1.82, 2.24) is 15.1 Å². The molecule has 0 fully saturated rings. The zero-order valence-electron chi connectivity index (χ0n) is 9.70. The Bertz CT molecular complexity index is 260. The lowest BCUT2D eigenvalue weighted by molar-refractivity contribution is 0.190. The van der Waals surface area contributed by atoms with E-state index in [1.54, 1.807) is 7.11 Å². The van der Waals surface area contributed by atoms with Crippen LogP contribution in [0.4, 0.5) is 0 Å². The molecular weight excluding hydrogens is 190 g/mol. The average molecular weight is 211 g/mol. The number of ether oxygens (including phenoxy) is 1. The minimum atomic E-state index is 0.837. The summed E-state index contributed by atoms with van der Waals surface area (Å²) in [6.07, 6.45) is 4.08. The second kappa shape index (κ2) is 7.43. The molecule has 1 aromatic rings. The Labute approximate surface area is 91.6 Å². The van der Waals surface area contributed by atoms with Crippen molar-refractivity contribution >= 4 is 0 Å². The van der Waals surface area contributed by atoms with E-state index in [9.17, 15) is 0 Å². The van der Waals surface area contributed by atoms with Gasteiger partial charge in [0.05, 0.1) is 5.69 Å². The third-order valence-electron chi connectivity index (χ3n) is 2.33. The van der Waals surface area contributed by atoms with Gasteiger partial charge in [0.15, 0.2) is 0 Å². The van der Waals surface area contributed by atoms with E-state index >= 15 is 0 Å². The number of aryl methyl sites for hydroxylation is 1. The smallest absolute Gasteiger partial charge is 0.0522 e. The summed E-state index contributed by atoms with van der Waals surface area (Å²) < 4.78 is 7.08. The highest BCUT2D eigenvalue weighted by Crippen LogP contribution is 2.01. The molecule has 0 atom stereocenters. The molecule has 0 unspecified atom stereocenters. The summed E-state index contributed by atoms with van der Waals surface area (Å²) in [6, 6.07) is 2.07. The van der Waals surface area contributed by atoms with Crippen molar-refractivity contribution in [2.45, 2.75) is 32.9 Å². The third kappa shape index (κ3) is 4.44. The van der Waals surface area contributed by atoms with Crippen molar-refractivity contribution in [1.29, 1.82) is 0 Å². The number of unbranched alkanes of at least 4 members (excludes halogenated alkanes) is 1. The predicted octanol–water partition coefficient (Wildman–Crippen LogP) is 1.42. The van der Waals surface area contributed by atoms with Gasteiger partial charge in [-0.1, -0.05) is 6.92 Å². The van der Waals surface area contributed by atoms with Crippen LogP contribution in [-0.4, -0.2) is 30.0 Å². The van der Waals surface area contributed by atoms with Crippen LogP contribution in [0.2, 0.25) is 0 Å². The molecule has 1 heterocycles. The first-order chi connectivity index (χ1) is 7.38. The van der Waals surface area contributed by atoms with Gasteiger partial charge in [-0.05, 0) is 25.5 Å². The molecular formula is C11H21N3O. The van der Waals surface area contributed by atoms with Gasteiger partial charge >= 0.3 is 0 Å². The second-order valence-corrected chi connectivity index (χ2v) is 3.53. The quantitative estimate of drug-likeness (QED) is 0.661. The third-order valence-corrected chi connectivity index (χ3v) is 2.33. The number of methoxy groups -OCH3 is 1. The average Bonchev–Trinajstić information content (AvgIpc) is 2.69. The van der Waals surface area contributed by atoms with Crippen LogP contribution < -0.4 is 5.32 Å². The molecule has 1 aromatic heterocycles. The number of hydrogen-bond acceptors (Lipinski definition) is 3. The molecule has 1 rings (SSSR count). The standard InChI is InChI=1S/C11H21N3O/c1-3-12-10-11-6-7-13-14(11)8-4-5-9-15-2/h6-7,12H,3-5,8-10H2,1-2H3. The Hall–Kier alpha value is -0.870. The SMILES string of the molecule is CCNCc1ccnn1CCCCOC. The van der Waals surface area contributed by atoms with Gasteiger partial charge in [0.2, 0.25) is 0 Å². The monoisotopic (exact) mass is 211 g/mol. The molecule has 0 spiro atoms. The fraction of sp³-hybridized carbons (Fsp3) is 0.727. The van der Waals surface area contributed by atoms with Gasteiger partial charge in [-0.2, -0.15) is 5.10 Å². The lowest BCUT2D eigenvalue weighted by Gasteiger charge is -2.07. The number of aromatic nitrogens is 2. The molecule has 0 aliphatic rings. The van der Waals surface area contributed by atoms with Crippen LogP contribution in [0.25, 0.3) is 0 Å². The molecule has 0 saturated carbocycles. The molecule has 0 radical (unpaired) electrons. The van der Waals surface area contributed by atoms with E-state index < -0.39 is 0 Å². The van der Waals surface area contributed by atoms with Gasteiger partial charge in [0.1, 0.15) is 0 Å². The van der Waals surface area contributed by atoms with Crippen LogP contribution in [0, 0.1) is 0 Å². The van der Waals surface area contributed by atoms with Crippen LogP contribution in [0.15, 0.2) is 12.3 Å². The summed E-state index contributed by atoms with van der Waals surface area (Å²) >= 11 is 0. The Balaban J connectivity index is 2.29. The van der Waals surface area contributed by atoms with E-state index in [4.69, 9.17) is 4.74 Å². The zero-order chi connectivity index (χ0) is 10.9. The summed E-state index contributed by atoms with van der Waals surface area (Å²) in [7, 11) is 1.74. The fourth-order valence-corrected chi connectivity index (χ4v) is 1.47. The zero-order valence-corrected chi connectivity index (χ0v) is 9.70. The summed E-state index contributed by atoms with van der Waals surface area (Å²) in [6.45, 7) is 5.83. The van der Waals surface area contributed by atoms with Gasteiger partial charge in [0, 0.05) is 33.0 Å². The first-order valence-corrected chi connectivity index (χ1v) is 5.58. The van der Waals surface area contributed by atoms with E-state index in [2.05, 4.69) is 28.1 Å². The van der Waals surface area contributed by atoms with Gasteiger partial charge in [-0.3, -0.25) is 4.68 Å². The largest absolute Gasteiger partial charge is 0.385 e. The second-order valence-electron chi connectivity index (χ2n) is 3.53. The lowest BCUT2D eigenvalue weighted by atomic mass is 10.3. The Morgan fingerprint density at radius 3 is 3.07 bits per heavy atom. The first kappa shape index (κ1) is 12.2. The molecule has 4 heteroatoms. The Morgan fingerprint density at radius 1 is 1.47 bits per heavy atom. The first-order valence-electron chi connectivity index (χ1n) is 5.58. The van der Waals surface area contributed by atoms with E-state index in [1.807, 2.05) is 6.20 Å². The van der Waals surface area contributed by atoms with Crippen LogP contribution >= 0.6 is 0 Å². The van der Waals surface area contributed by atoms with E-state index in [1.165, 1.54) is 5.69 Å². The molecule has 0 aromatic carbocycles. The number of rotatable bonds is 8. The Kier molecular flexibility index (Phi) is 6.04. The van der Waals surface area contributed by atoms with E-state index in [-0.39, 0.29) is 0 Å². The maximum Gasteiger partial charge on any atom is 0.0522 e.